The van der Waals surface area contributed by atoms with Gasteiger partial charge >= 0.3 is 0 Å². The van der Waals surface area contributed by atoms with Gasteiger partial charge in [0, 0.05) is 25.7 Å². The molecule has 4 aliphatic rings. The highest BCUT2D eigenvalue weighted by atomic mass is 32.2. The molecular formula is C12H22N2O5S2. The third-order valence-electron chi connectivity index (χ3n) is 4.63. The fourth-order valence-electron chi connectivity index (χ4n) is 3.72. The Morgan fingerprint density at radius 3 is 2.52 bits per heavy atom. The average Bonchev–Trinajstić information content (AvgIpc) is 2.74. The predicted octanol–water partition coefficient (Wildman–Crippen LogP) is -0.491. The summed E-state index contributed by atoms with van der Waals surface area (Å²) < 4.78 is 57.1. The summed E-state index contributed by atoms with van der Waals surface area (Å²) in [5, 5.41) is 0. The molecule has 1 atom stereocenters. The number of hydrogen-bond donors (Lipinski definition) is 1. The maximum Gasteiger partial charge on any atom is 0.217 e. The third-order valence-corrected chi connectivity index (χ3v) is 7.40. The number of rotatable bonds is 5. The second-order valence-electron chi connectivity index (χ2n) is 6.58. The Morgan fingerprint density at radius 1 is 1.24 bits per heavy atom. The van der Waals surface area contributed by atoms with Gasteiger partial charge in [-0.3, -0.25) is 0 Å². The highest BCUT2D eigenvalue weighted by Crippen LogP contribution is 2.48. The lowest BCUT2D eigenvalue weighted by molar-refractivity contribution is -0.162. The van der Waals surface area contributed by atoms with Crippen LogP contribution in [0, 0.1) is 5.92 Å². The molecule has 122 valence electrons. The maximum absolute atomic E-state index is 12.5. The number of nitrogens with one attached hydrogen (secondary N) is 1. The summed E-state index contributed by atoms with van der Waals surface area (Å²) in [6.07, 6.45) is 4.32. The molecule has 21 heavy (non-hydrogen) atoms. The molecule has 0 aromatic carbocycles. The van der Waals surface area contributed by atoms with E-state index in [-0.39, 0.29) is 18.3 Å². The zero-order valence-electron chi connectivity index (χ0n) is 12.1. The van der Waals surface area contributed by atoms with Crippen LogP contribution in [0.5, 0.6) is 0 Å². The Hall–Kier alpha value is -0.220. The van der Waals surface area contributed by atoms with Gasteiger partial charge in [0.1, 0.15) is 0 Å². The molecule has 7 nitrogen and oxygen atoms in total. The highest BCUT2D eigenvalue weighted by molar-refractivity contribution is 7.89. The summed E-state index contributed by atoms with van der Waals surface area (Å²) in [5.41, 5.74) is -0.482. The molecule has 0 radical (unpaired) electrons. The number of hydrogen-bond acceptors (Lipinski definition) is 5. The largest absolute Gasteiger partial charge is 0.374 e. The first-order valence-corrected chi connectivity index (χ1v) is 10.8. The summed E-state index contributed by atoms with van der Waals surface area (Å²) in [7, 11) is -6.70. The molecule has 3 saturated heterocycles. The van der Waals surface area contributed by atoms with Crippen molar-refractivity contribution in [3.05, 3.63) is 0 Å². The Bertz CT molecular complexity index is 604. The van der Waals surface area contributed by atoms with E-state index in [0.717, 1.165) is 25.5 Å². The van der Waals surface area contributed by atoms with Crippen LogP contribution in [0.25, 0.3) is 0 Å². The molecule has 3 heterocycles. The first-order chi connectivity index (χ1) is 9.68. The lowest BCUT2D eigenvalue weighted by Crippen LogP contribution is -2.57. The molecule has 0 spiro atoms. The van der Waals surface area contributed by atoms with Crippen LogP contribution in [0.4, 0.5) is 0 Å². The van der Waals surface area contributed by atoms with Gasteiger partial charge in [-0.05, 0) is 31.6 Å². The molecule has 0 aromatic rings. The van der Waals surface area contributed by atoms with Crippen LogP contribution in [-0.4, -0.2) is 64.5 Å². The van der Waals surface area contributed by atoms with Crippen LogP contribution in [0.15, 0.2) is 0 Å². The van der Waals surface area contributed by atoms with Crippen LogP contribution in [-0.2, 0) is 24.8 Å². The number of ether oxygens (including phenoxy) is 1. The molecule has 2 bridgehead atoms. The maximum atomic E-state index is 12.5. The van der Waals surface area contributed by atoms with Crippen LogP contribution in [0.3, 0.4) is 0 Å². The Kier molecular flexibility index (Phi) is 3.85. The van der Waals surface area contributed by atoms with Crippen molar-refractivity contribution in [3.8, 4) is 0 Å². The summed E-state index contributed by atoms with van der Waals surface area (Å²) >= 11 is 0. The third kappa shape index (κ3) is 3.42. The molecule has 3 aliphatic heterocycles. The second kappa shape index (κ2) is 5.16. The van der Waals surface area contributed by atoms with Gasteiger partial charge < -0.3 is 4.74 Å². The van der Waals surface area contributed by atoms with E-state index in [2.05, 4.69) is 4.72 Å². The minimum Gasteiger partial charge on any atom is -0.374 e. The van der Waals surface area contributed by atoms with Gasteiger partial charge in [-0.25, -0.2) is 25.9 Å². The van der Waals surface area contributed by atoms with E-state index < -0.39 is 25.6 Å². The summed E-state index contributed by atoms with van der Waals surface area (Å²) in [6.45, 7) is 1.24. The number of nitrogens with zero attached hydrogens (tertiary/aromatic N) is 1. The first kappa shape index (κ1) is 15.7. The molecule has 4 rings (SSSR count). The van der Waals surface area contributed by atoms with E-state index in [9.17, 15) is 16.8 Å². The first-order valence-electron chi connectivity index (χ1n) is 7.27. The molecule has 4 fully saturated rings. The van der Waals surface area contributed by atoms with Gasteiger partial charge in [-0.2, -0.15) is 0 Å². The van der Waals surface area contributed by atoms with Crippen molar-refractivity contribution in [1.29, 1.82) is 0 Å². The molecule has 9 heteroatoms. The summed E-state index contributed by atoms with van der Waals surface area (Å²) in [6, 6.07) is -0.325. The number of sulfonamides is 2. The zero-order chi connectivity index (χ0) is 15.3. The minimum atomic E-state index is -3.40. The topological polar surface area (TPSA) is 92.8 Å². The fourth-order valence-corrected chi connectivity index (χ4v) is 6.47. The predicted molar refractivity (Wildman–Crippen MR) is 77.8 cm³/mol. The second-order valence-corrected chi connectivity index (χ2v) is 10.3. The Balaban J connectivity index is 1.61. The van der Waals surface area contributed by atoms with Gasteiger partial charge in [0.05, 0.1) is 17.6 Å². The van der Waals surface area contributed by atoms with E-state index in [1.165, 1.54) is 4.31 Å². The lowest BCUT2D eigenvalue weighted by atomic mass is 9.68. The van der Waals surface area contributed by atoms with Crippen LogP contribution >= 0.6 is 0 Å². The van der Waals surface area contributed by atoms with Crippen molar-refractivity contribution >= 4 is 20.0 Å². The monoisotopic (exact) mass is 338 g/mol. The minimum absolute atomic E-state index is 0.0299. The van der Waals surface area contributed by atoms with Crippen molar-refractivity contribution in [2.45, 2.75) is 37.3 Å². The van der Waals surface area contributed by atoms with E-state index in [0.29, 0.717) is 25.5 Å². The average molecular weight is 338 g/mol. The highest BCUT2D eigenvalue weighted by Gasteiger charge is 2.52. The molecule has 0 aromatic heterocycles. The van der Waals surface area contributed by atoms with Crippen molar-refractivity contribution in [2.24, 2.45) is 5.92 Å². The Morgan fingerprint density at radius 2 is 1.95 bits per heavy atom. The standard InChI is InChI=1S/C12H22N2O5S2/c1-20(15,16)13-11-2-4-14(8-11)21(17,18)9-12-6-10(7-12)3-5-19-12/h10-11,13H,2-9H2,1H3. The van der Waals surface area contributed by atoms with Crippen LogP contribution < -0.4 is 4.72 Å². The van der Waals surface area contributed by atoms with Crippen molar-refractivity contribution in [3.63, 3.8) is 0 Å². The van der Waals surface area contributed by atoms with Gasteiger partial charge in [0.2, 0.25) is 20.0 Å². The smallest absolute Gasteiger partial charge is 0.217 e. The van der Waals surface area contributed by atoms with E-state index in [1.807, 2.05) is 0 Å². The molecule has 0 amide bonds. The van der Waals surface area contributed by atoms with E-state index in [1.54, 1.807) is 0 Å². The number of fused-ring (bicyclic) bond motifs is 2. The molecular weight excluding hydrogens is 316 g/mol. The molecule has 1 saturated carbocycles. The van der Waals surface area contributed by atoms with E-state index >= 15 is 0 Å². The molecule has 1 aliphatic carbocycles. The van der Waals surface area contributed by atoms with Gasteiger partial charge in [0.15, 0.2) is 0 Å². The van der Waals surface area contributed by atoms with E-state index in [4.69, 9.17) is 4.74 Å². The Labute approximate surface area is 126 Å². The van der Waals surface area contributed by atoms with Crippen molar-refractivity contribution in [2.75, 3.05) is 31.7 Å². The quantitative estimate of drug-likeness (QED) is 0.730. The van der Waals surface area contributed by atoms with Gasteiger partial charge in [-0.1, -0.05) is 0 Å². The van der Waals surface area contributed by atoms with Crippen molar-refractivity contribution < 1.29 is 21.6 Å². The molecule has 1 unspecified atom stereocenters. The van der Waals surface area contributed by atoms with Gasteiger partial charge in [-0.15, -0.1) is 0 Å². The normalized spacial score (nSPS) is 37.4. The van der Waals surface area contributed by atoms with Crippen LogP contribution in [0.1, 0.15) is 25.7 Å². The van der Waals surface area contributed by atoms with Crippen molar-refractivity contribution in [1.82, 2.24) is 9.03 Å². The van der Waals surface area contributed by atoms with Crippen LogP contribution in [0.2, 0.25) is 0 Å². The SMILES string of the molecule is CS(=O)(=O)NC1CCN(S(=O)(=O)CC23CC(CCO2)C3)C1. The molecule has 1 N–H and O–H groups in total. The zero-order valence-corrected chi connectivity index (χ0v) is 13.7. The lowest BCUT2D eigenvalue weighted by Gasteiger charge is -2.52. The summed E-state index contributed by atoms with van der Waals surface area (Å²) in [5.74, 6) is 0.648. The fraction of sp³-hybridized carbons (Fsp3) is 1.00. The van der Waals surface area contributed by atoms with Gasteiger partial charge in [0.25, 0.3) is 0 Å². The summed E-state index contributed by atoms with van der Waals surface area (Å²) in [4.78, 5) is 0.